The molecule has 0 amide bonds. The van der Waals surface area contributed by atoms with Gasteiger partial charge in [-0.25, -0.2) is 0 Å². The zero-order valence-electron chi connectivity index (χ0n) is 19.8. The molecule has 0 radical (unpaired) electrons. The zero-order chi connectivity index (χ0) is 23.3. The van der Waals surface area contributed by atoms with Crippen molar-refractivity contribution < 1.29 is 0 Å². The van der Waals surface area contributed by atoms with Crippen LogP contribution in [-0.2, 0) is 6.42 Å². The van der Waals surface area contributed by atoms with Gasteiger partial charge in [0.15, 0.2) is 0 Å². The molecule has 0 N–H and O–H groups in total. The van der Waals surface area contributed by atoms with Gasteiger partial charge in [0, 0.05) is 13.1 Å². The summed E-state index contributed by atoms with van der Waals surface area (Å²) in [6, 6.07) is 34.5. The SMILES string of the molecule is Cc1c(-c2ccccc2)c(-c2ccccc2)c(Cc2ccccc2)c(C#N)c1N1CCCCC1. The molecule has 168 valence electrons. The van der Waals surface area contributed by atoms with Crippen LogP contribution in [0.2, 0.25) is 0 Å². The summed E-state index contributed by atoms with van der Waals surface area (Å²) < 4.78 is 0. The molecule has 1 aliphatic rings. The third kappa shape index (κ3) is 4.22. The summed E-state index contributed by atoms with van der Waals surface area (Å²) in [7, 11) is 0. The summed E-state index contributed by atoms with van der Waals surface area (Å²) in [5.74, 6) is 0. The highest BCUT2D eigenvalue weighted by atomic mass is 15.1. The number of hydrogen-bond acceptors (Lipinski definition) is 2. The van der Waals surface area contributed by atoms with Gasteiger partial charge in [-0.1, -0.05) is 91.0 Å². The molecule has 34 heavy (non-hydrogen) atoms. The lowest BCUT2D eigenvalue weighted by atomic mass is 9.81. The maximum Gasteiger partial charge on any atom is 0.102 e. The molecule has 0 unspecified atom stereocenters. The monoisotopic (exact) mass is 442 g/mol. The second-order valence-corrected chi connectivity index (χ2v) is 9.13. The number of anilines is 1. The standard InChI is InChI=1S/C32H30N2/c1-24-30(26-16-8-3-9-17-26)31(27-18-10-4-11-19-27)28(22-25-14-6-2-7-15-25)29(23-33)32(24)34-20-12-5-13-21-34/h2-4,6-11,14-19H,5,12-13,20-22H2,1H3. The summed E-state index contributed by atoms with van der Waals surface area (Å²) in [6.45, 7) is 4.24. The molecule has 0 aliphatic carbocycles. The average molecular weight is 443 g/mol. The summed E-state index contributed by atoms with van der Waals surface area (Å²) in [5, 5.41) is 10.6. The molecule has 0 spiro atoms. The van der Waals surface area contributed by atoms with Crippen LogP contribution in [0.15, 0.2) is 91.0 Å². The predicted octanol–water partition coefficient (Wildman–Crippen LogP) is 7.78. The Morgan fingerprint density at radius 1 is 0.706 bits per heavy atom. The largest absolute Gasteiger partial charge is 0.370 e. The van der Waals surface area contributed by atoms with Crippen molar-refractivity contribution in [2.75, 3.05) is 18.0 Å². The van der Waals surface area contributed by atoms with E-state index >= 15 is 0 Å². The van der Waals surface area contributed by atoms with Crippen LogP contribution in [-0.4, -0.2) is 13.1 Å². The van der Waals surface area contributed by atoms with Crippen molar-refractivity contribution in [1.82, 2.24) is 0 Å². The van der Waals surface area contributed by atoms with Crippen molar-refractivity contribution in [3.05, 3.63) is 113 Å². The lowest BCUT2D eigenvalue weighted by Gasteiger charge is -2.34. The lowest BCUT2D eigenvalue weighted by Crippen LogP contribution is -2.31. The van der Waals surface area contributed by atoms with Crippen molar-refractivity contribution in [1.29, 1.82) is 5.26 Å². The summed E-state index contributed by atoms with van der Waals surface area (Å²) >= 11 is 0. The highest BCUT2D eigenvalue weighted by molar-refractivity contribution is 5.94. The van der Waals surface area contributed by atoms with Gasteiger partial charge in [0.05, 0.1) is 11.3 Å². The van der Waals surface area contributed by atoms with E-state index in [1.807, 2.05) is 0 Å². The fourth-order valence-electron chi connectivity index (χ4n) is 5.41. The third-order valence-electron chi connectivity index (χ3n) is 6.95. The Morgan fingerprint density at radius 3 is 1.79 bits per heavy atom. The van der Waals surface area contributed by atoms with Gasteiger partial charge in [-0.15, -0.1) is 0 Å². The van der Waals surface area contributed by atoms with Crippen LogP contribution >= 0.6 is 0 Å². The normalized spacial score (nSPS) is 13.5. The first-order valence-electron chi connectivity index (χ1n) is 12.3. The van der Waals surface area contributed by atoms with Crippen molar-refractivity contribution in [2.45, 2.75) is 32.6 Å². The Morgan fingerprint density at radius 2 is 1.24 bits per heavy atom. The Kier molecular flexibility index (Phi) is 6.45. The van der Waals surface area contributed by atoms with Crippen molar-refractivity contribution in [3.8, 4) is 28.3 Å². The number of nitriles is 1. The van der Waals surface area contributed by atoms with Crippen LogP contribution in [0, 0.1) is 18.3 Å². The van der Waals surface area contributed by atoms with Gasteiger partial charge < -0.3 is 4.90 Å². The first-order chi connectivity index (χ1) is 16.8. The molecule has 0 atom stereocenters. The summed E-state index contributed by atoms with van der Waals surface area (Å²) in [5.41, 5.74) is 10.3. The van der Waals surface area contributed by atoms with E-state index in [0.29, 0.717) is 0 Å². The van der Waals surface area contributed by atoms with Gasteiger partial charge in [-0.3, -0.25) is 0 Å². The molecular formula is C32H30N2. The van der Waals surface area contributed by atoms with Crippen LogP contribution in [0.5, 0.6) is 0 Å². The molecule has 2 nitrogen and oxygen atoms in total. The molecule has 0 saturated carbocycles. The van der Waals surface area contributed by atoms with E-state index in [9.17, 15) is 5.26 Å². The maximum atomic E-state index is 10.6. The highest BCUT2D eigenvalue weighted by Gasteiger charge is 2.27. The van der Waals surface area contributed by atoms with Crippen molar-refractivity contribution >= 4 is 5.69 Å². The third-order valence-corrected chi connectivity index (χ3v) is 6.95. The molecule has 4 aromatic carbocycles. The fourth-order valence-corrected chi connectivity index (χ4v) is 5.41. The summed E-state index contributed by atoms with van der Waals surface area (Å²) in [6.07, 6.45) is 4.36. The molecule has 1 aliphatic heterocycles. The molecule has 4 aromatic rings. The fraction of sp³-hybridized carbons (Fsp3) is 0.219. The minimum absolute atomic E-state index is 0.731. The Labute approximate surface area is 203 Å². The van der Waals surface area contributed by atoms with Crippen LogP contribution < -0.4 is 4.90 Å². The van der Waals surface area contributed by atoms with E-state index in [2.05, 4.69) is 109 Å². The first kappa shape index (κ1) is 22.0. The molecule has 2 heteroatoms. The second kappa shape index (κ2) is 9.98. The first-order valence-corrected chi connectivity index (χ1v) is 12.3. The number of benzene rings is 4. The number of rotatable bonds is 5. The van der Waals surface area contributed by atoms with E-state index in [1.54, 1.807) is 0 Å². The van der Waals surface area contributed by atoms with Gasteiger partial charge in [-0.05, 0) is 71.6 Å². The van der Waals surface area contributed by atoms with E-state index in [1.165, 1.54) is 47.1 Å². The van der Waals surface area contributed by atoms with Crippen molar-refractivity contribution in [3.63, 3.8) is 0 Å². The smallest absolute Gasteiger partial charge is 0.102 e. The highest BCUT2D eigenvalue weighted by Crippen LogP contribution is 2.45. The molecule has 1 heterocycles. The van der Waals surface area contributed by atoms with Gasteiger partial charge in [0.25, 0.3) is 0 Å². The Balaban J connectivity index is 1.87. The quantitative estimate of drug-likeness (QED) is 0.315. The molecular weight excluding hydrogens is 412 g/mol. The molecule has 1 saturated heterocycles. The van der Waals surface area contributed by atoms with E-state index in [4.69, 9.17) is 0 Å². The van der Waals surface area contributed by atoms with Gasteiger partial charge >= 0.3 is 0 Å². The minimum Gasteiger partial charge on any atom is -0.370 e. The van der Waals surface area contributed by atoms with E-state index in [0.717, 1.165) is 41.9 Å². The molecule has 5 rings (SSSR count). The minimum atomic E-state index is 0.731. The predicted molar refractivity (Wildman–Crippen MR) is 142 cm³/mol. The van der Waals surface area contributed by atoms with Gasteiger partial charge in [-0.2, -0.15) is 5.26 Å². The van der Waals surface area contributed by atoms with Gasteiger partial charge in [0.1, 0.15) is 6.07 Å². The van der Waals surface area contributed by atoms with Crippen LogP contribution in [0.25, 0.3) is 22.3 Å². The zero-order valence-corrected chi connectivity index (χ0v) is 19.8. The number of nitrogens with zero attached hydrogens (tertiary/aromatic N) is 2. The van der Waals surface area contributed by atoms with Gasteiger partial charge in [0.2, 0.25) is 0 Å². The molecule has 1 fully saturated rings. The second-order valence-electron chi connectivity index (χ2n) is 9.13. The maximum absolute atomic E-state index is 10.6. The Bertz CT molecular complexity index is 1300. The van der Waals surface area contributed by atoms with Crippen LogP contribution in [0.4, 0.5) is 5.69 Å². The Hall–Kier alpha value is -3.83. The van der Waals surface area contributed by atoms with Crippen LogP contribution in [0.1, 0.15) is 41.5 Å². The van der Waals surface area contributed by atoms with E-state index < -0.39 is 0 Å². The average Bonchev–Trinajstić information content (AvgIpc) is 2.91. The van der Waals surface area contributed by atoms with Crippen LogP contribution in [0.3, 0.4) is 0 Å². The number of piperidine rings is 1. The van der Waals surface area contributed by atoms with Crippen molar-refractivity contribution in [2.24, 2.45) is 0 Å². The topological polar surface area (TPSA) is 27.0 Å². The van der Waals surface area contributed by atoms with E-state index in [-0.39, 0.29) is 0 Å². The summed E-state index contributed by atoms with van der Waals surface area (Å²) in [4.78, 5) is 2.47. The lowest BCUT2D eigenvalue weighted by molar-refractivity contribution is 0.576. The molecule has 0 bridgehead atoms. The molecule has 0 aromatic heterocycles. The number of hydrogen-bond donors (Lipinski definition) is 0.